The Morgan fingerprint density at radius 3 is 1.74 bits per heavy atom. The molecule has 0 N–H and O–H groups in total. The maximum Gasteiger partial charge on any atom is 0.000504 e. The van der Waals surface area contributed by atoms with E-state index in [1.807, 2.05) is 12.1 Å². The van der Waals surface area contributed by atoms with Crippen LogP contribution in [0.3, 0.4) is 0 Å². The molecule has 3 nitrogen and oxygen atoms in total. The molecule has 0 atom stereocenters. The summed E-state index contributed by atoms with van der Waals surface area (Å²) in [7, 11) is -4.53. The van der Waals surface area contributed by atoms with Gasteiger partial charge in [-0.2, -0.15) is 0 Å². The third-order valence-corrected chi connectivity index (χ3v) is 6.04. The number of hydrogen-bond donors (Lipinski definition) is 0. The average Bonchev–Trinajstić information content (AvgIpc) is 2.61. The fraction of sp³-hybridized carbons (Fsp3) is 0.739. The van der Waals surface area contributed by atoms with E-state index in [4.69, 9.17) is 0 Å². The van der Waals surface area contributed by atoms with Crippen molar-refractivity contribution in [3.05, 3.63) is 34.9 Å². The van der Waals surface area contributed by atoms with E-state index in [9.17, 15) is 14.4 Å². The number of unbranched alkanes of at least 4 members (excludes halogenated alkanes) is 10. The Labute approximate surface area is 167 Å². The normalized spacial score (nSPS) is 11.9. The van der Waals surface area contributed by atoms with Crippen LogP contribution < -0.4 is 9.79 Å². The molecule has 0 heterocycles. The smallest absolute Gasteiger partial charge is 0.000504 e. The highest BCUT2D eigenvalue weighted by molar-refractivity contribution is 7.47. The summed E-state index contributed by atoms with van der Waals surface area (Å²) in [6.07, 6.45) is 16.4. The Morgan fingerprint density at radius 2 is 1.19 bits per heavy atom. The largest absolute Gasteiger partial charge is 0.810 e. The lowest BCUT2D eigenvalue weighted by Gasteiger charge is -2.31. The number of hydrogen-bond acceptors (Lipinski definition) is 3. The zero-order valence-electron chi connectivity index (χ0n) is 17.5. The average molecular weight is 395 g/mol. The lowest BCUT2D eigenvalue weighted by Crippen LogP contribution is -2.16. The second-order valence-corrected chi connectivity index (χ2v) is 9.40. The van der Waals surface area contributed by atoms with Gasteiger partial charge in [0.1, 0.15) is 0 Å². The van der Waals surface area contributed by atoms with Crippen molar-refractivity contribution in [2.24, 2.45) is 0 Å². The fourth-order valence-corrected chi connectivity index (χ4v) is 4.49. The van der Waals surface area contributed by atoms with Gasteiger partial charge in [-0.05, 0) is 42.4 Å². The Balaban J connectivity index is 2.66. The molecule has 0 bridgehead atoms. The molecule has 0 spiro atoms. The molecule has 0 saturated heterocycles. The molecule has 0 radical (unpaired) electrons. The molecule has 1 rings (SSSR count). The Hall–Kier alpha value is -0.630. The van der Waals surface area contributed by atoms with Crippen LogP contribution in [0.25, 0.3) is 0 Å². The van der Waals surface area contributed by atoms with Crippen molar-refractivity contribution < 1.29 is 14.4 Å². The van der Waals surface area contributed by atoms with Gasteiger partial charge in [0.25, 0.3) is 0 Å². The van der Waals surface area contributed by atoms with Crippen molar-refractivity contribution in [3.63, 3.8) is 0 Å². The first-order chi connectivity index (χ1) is 13.0. The molecular weight excluding hydrogens is 355 g/mol. The summed E-state index contributed by atoms with van der Waals surface area (Å²) < 4.78 is 11.3. The predicted octanol–water partition coefficient (Wildman–Crippen LogP) is 5.91. The third kappa shape index (κ3) is 11.7. The summed E-state index contributed by atoms with van der Waals surface area (Å²) in [5, 5.41) is 0. The lowest BCUT2D eigenvalue weighted by atomic mass is 9.93. The second kappa shape index (κ2) is 14.4. The van der Waals surface area contributed by atoms with Crippen molar-refractivity contribution >= 4 is 7.60 Å². The molecule has 0 fully saturated rings. The first-order valence-electron chi connectivity index (χ1n) is 11.1. The predicted molar refractivity (Wildman–Crippen MR) is 112 cm³/mol. The molecular formula is C23H39O3P-2. The minimum Gasteiger partial charge on any atom is -0.810 e. The topological polar surface area (TPSA) is 63.2 Å². The van der Waals surface area contributed by atoms with E-state index >= 15 is 0 Å². The monoisotopic (exact) mass is 394 g/mol. The van der Waals surface area contributed by atoms with E-state index in [1.165, 1.54) is 69.8 Å². The van der Waals surface area contributed by atoms with E-state index in [-0.39, 0.29) is 6.16 Å². The van der Waals surface area contributed by atoms with Gasteiger partial charge in [0.15, 0.2) is 0 Å². The lowest BCUT2D eigenvalue weighted by molar-refractivity contribution is -0.314. The van der Waals surface area contributed by atoms with E-state index in [2.05, 4.69) is 19.9 Å². The van der Waals surface area contributed by atoms with Crippen molar-refractivity contribution in [2.75, 3.05) is 0 Å². The second-order valence-electron chi connectivity index (χ2n) is 7.86. The van der Waals surface area contributed by atoms with E-state index in [0.717, 1.165) is 36.8 Å². The summed E-state index contributed by atoms with van der Waals surface area (Å²) >= 11 is 0. The van der Waals surface area contributed by atoms with Gasteiger partial charge in [0, 0.05) is 6.16 Å². The molecule has 0 aliphatic rings. The summed E-state index contributed by atoms with van der Waals surface area (Å²) in [5.74, 6) is 0. The highest BCUT2D eigenvalue weighted by Gasteiger charge is 2.10. The summed E-state index contributed by atoms with van der Waals surface area (Å²) in [6, 6.07) is 5.88. The van der Waals surface area contributed by atoms with E-state index in [1.54, 1.807) is 0 Å². The molecule has 1 aromatic carbocycles. The molecule has 1 aromatic rings. The van der Waals surface area contributed by atoms with Crippen LogP contribution in [-0.2, 0) is 23.6 Å². The number of benzene rings is 1. The van der Waals surface area contributed by atoms with Crippen LogP contribution in [0.15, 0.2) is 18.2 Å². The third-order valence-electron chi connectivity index (χ3n) is 5.31. The van der Waals surface area contributed by atoms with Crippen LogP contribution in [0, 0.1) is 0 Å². The SMILES string of the molecule is CCCCCCCCc1cccc(CP(=O)([O-])[O-])c1CCCCCCCC. The Bertz CT molecular complexity index is 551. The molecule has 4 heteroatoms. The highest BCUT2D eigenvalue weighted by Crippen LogP contribution is 2.33. The van der Waals surface area contributed by atoms with Gasteiger partial charge in [-0.15, -0.1) is 0 Å². The molecule has 156 valence electrons. The molecule has 27 heavy (non-hydrogen) atoms. The van der Waals surface area contributed by atoms with Gasteiger partial charge >= 0.3 is 0 Å². The minimum absolute atomic E-state index is 0.345. The molecule has 0 aliphatic carbocycles. The van der Waals surface area contributed by atoms with Gasteiger partial charge in [-0.3, -0.25) is 0 Å². The minimum atomic E-state index is -4.53. The Morgan fingerprint density at radius 1 is 0.704 bits per heavy atom. The van der Waals surface area contributed by atoms with Crippen LogP contribution >= 0.6 is 7.60 Å². The van der Waals surface area contributed by atoms with Gasteiger partial charge in [-0.25, -0.2) is 0 Å². The van der Waals surface area contributed by atoms with Crippen LogP contribution in [0.1, 0.15) is 108 Å². The quantitative estimate of drug-likeness (QED) is 0.259. The molecule has 0 aliphatic heterocycles. The molecule has 0 saturated carbocycles. The highest BCUT2D eigenvalue weighted by atomic mass is 31.2. The Kier molecular flexibility index (Phi) is 13.0. The van der Waals surface area contributed by atoms with Crippen molar-refractivity contribution in [1.82, 2.24) is 0 Å². The standard InChI is InChI=1S/C23H41O3P/c1-3-5-7-9-11-13-16-21-17-15-18-22(20-27(24,25)26)23(21)19-14-12-10-8-6-4-2/h15,17-18H,3-14,16,19-20H2,1-2H3,(H2,24,25,26)/p-2. The van der Waals surface area contributed by atoms with Gasteiger partial charge in [0.2, 0.25) is 0 Å². The molecule has 0 unspecified atom stereocenters. The van der Waals surface area contributed by atoms with Crippen LogP contribution in [-0.4, -0.2) is 0 Å². The maximum absolute atomic E-state index is 11.3. The zero-order chi connectivity index (χ0) is 20.0. The van der Waals surface area contributed by atoms with E-state index in [0.29, 0.717) is 0 Å². The first-order valence-corrected chi connectivity index (χ1v) is 12.8. The molecule has 0 aromatic heterocycles. The van der Waals surface area contributed by atoms with Crippen molar-refractivity contribution in [2.45, 2.75) is 110 Å². The number of rotatable bonds is 16. The summed E-state index contributed by atoms with van der Waals surface area (Å²) in [4.78, 5) is 22.7. The summed E-state index contributed by atoms with van der Waals surface area (Å²) in [6.45, 7) is 4.44. The van der Waals surface area contributed by atoms with Crippen molar-refractivity contribution in [1.29, 1.82) is 0 Å². The van der Waals surface area contributed by atoms with Crippen molar-refractivity contribution in [3.8, 4) is 0 Å². The molecule has 0 amide bonds. The van der Waals surface area contributed by atoms with Crippen LogP contribution in [0.5, 0.6) is 0 Å². The number of aryl methyl sites for hydroxylation is 1. The van der Waals surface area contributed by atoms with Gasteiger partial charge in [-0.1, -0.05) is 104 Å². The zero-order valence-corrected chi connectivity index (χ0v) is 18.4. The van der Waals surface area contributed by atoms with Gasteiger partial charge in [0.05, 0.1) is 0 Å². The fourth-order valence-electron chi connectivity index (χ4n) is 3.78. The summed E-state index contributed by atoms with van der Waals surface area (Å²) in [5.41, 5.74) is 3.12. The van der Waals surface area contributed by atoms with E-state index < -0.39 is 7.60 Å². The first kappa shape index (κ1) is 24.4. The van der Waals surface area contributed by atoms with Crippen LogP contribution in [0.2, 0.25) is 0 Å². The van der Waals surface area contributed by atoms with Gasteiger partial charge < -0.3 is 14.4 Å². The maximum atomic E-state index is 11.3. The van der Waals surface area contributed by atoms with Crippen LogP contribution in [0.4, 0.5) is 0 Å².